The van der Waals surface area contributed by atoms with Gasteiger partial charge in [-0.1, -0.05) is 18.2 Å². The zero-order valence-electron chi connectivity index (χ0n) is 12.0. The normalized spacial score (nSPS) is 11.5. The van der Waals surface area contributed by atoms with Crippen molar-refractivity contribution in [3.8, 4) is 0 Å². The van der Waals surface area contributed by atoms with Gasteiger partial charge >= 0.3 is 12.0 Å². The van der Waals surface area contributed by atoms with Crippen molar-refractivity contribution in [2.75, 3.05) is 5.32 Å². The number of urea groups is 1. The number of nitrogens with two attached hydrogens (primary N) is 1. The van der Waals surface area contributed by atoms with Gasteiger partial charge in [-0.05, 0) is 31.4 Å². The Bertz CT molecular complexity index is 537. The van der Waals surface area contributed by atoms with Crippen molar-refractivity contribution in [1.29, 1.82) is 0 Å². The van der Waals surface area contributed by atoms with E-state index in [1.807, 2.05) is 32.0 Å². The molecule has 0 saturated carbocycles. The largest absolute Gasteiger partial charge is 0.480 e. The fraction of sp³-hybridized carbons (Fsp3) is 0.357. The maximum atomic E-state index is 11.9. The van der Waals surface area contributed by atoms with Gasteiger partial charge in [-0.3, -0.25) is 4.79 Å². The van der Waals surface area contributed by atoms with Crippen molar-refractivity contribution in [3.05, 3.63) is 29.3 Å². The minimum Gasteiger partial charge on any atom is -0.480 e. The highest BCUT2D eigenvalue weighted by Gasteiger charge is 2.20. The van der Waals surface area contributed by atoms with Crippen LogP contribution in [0.15, 0.2) is 18.2 Å². The number of primary amides is 1. The van der Waals surface area contributed by atoms with Crippen molar-refractivity contribution in [1.82, 2.24) is 5.32 Å². The molecule has 0 radical (unpaired) electrons. The van der Waals surface area contributed by atoms with E-state index < -0.39 is 23.9 Å². The monoisotopic (exact) mass is 293 g/mol. The predicted octanol–water partition coefficient (Wildman–Crippen LogP) is 1.14. The number of hydrogen-bond acceptors (Lipinski definition) is 3. The first-order valence-corrected chi connectivity index (χ1v) is 6.46. The Morgan fingerprint density at radius 3 is 2.29 bits per heavy atom. The molecule has 0 aromatic heterocycles. The highest BCUT2D eigenvalue weighted by Crippen LogP contribution is 2.19. The Labute approximate surface area is 122 Å². The second-order valence-corrected chi connectivity index (χ2v) is 4.76. The van der Waals surface area contributed by atoms with Crippen LogP contribution in [0.5, 0.6) is 0 Å². The summed E-state index contributed by atoms with van der Waals surface area (Å²) < 4.78 is 0. The number of carbonyl (C=O) groups is 3. The molecule has 0 aliphatic rings. The zero-order valence-corrected chi connectivity index (χ0v) is 12.0. The van der Waals surface area contributed by atoms with Crippen LogP contribution in [-0.2, 0) is 9.59 Å². The van der Waals surface area contributed by atoms with E-state index in [0.29, 0.717) is 5.69 Å². The second-order valence-electron chi connectivity index (χ2n) is 4.76. The average molecular weight is 293 g/mol. The molecule has 7 heteroatoms. The minimum atomic E-state index is -1.21. The minimum absolute atomic E-state index is 0.0508. The molecule has 5 N–H and O–H groups in total. The first-order valence-electron chi connectivity index (χ1n) is 6.46. The van der Waals surface area contributed by atoms with Crippen molar-refractivity contribution < 1.29 is 19.5 Å². The Kier molecular flexibility index (Phi) is 5.71. The number of benzene rings is 1. The Morgan fingerprint density at radius 1 is 1.24 bits per heavy atom. The molecule has 114 valence electrons. The van der Waals surface area contributed by atoms with Crippen molar-refractivity contribution in [2.24, 2.45) is 5.73 Å². The number of carboxylic acid groups (broad SMARTS) is 1. The molecule has 7 nitrogen and oxygen atoms in total. The number of carbonyl (C=O) groups excluding carboxylic acids is 2. The molecular formula is C14H19N3O4. The van der Waals surface area contributed by atoms with Gasteiger partial charge in [0.15, 0.2) is 0 Å². The standard InChI is InChI=1S/C14H19N3O4/c1-8-4-3-5-9(2)12(8)17-14(21)16-10(13(19)20)6-7-11(15)18/h3-5,10H,6-7H2,1-2H3,(H2,15,18)(H,19,20)(H2,16,17,21)/t10-/m1/s1. The number of amides is 3. The van der Waals surface area contributed by atoms with E-state index in [1.165, 1.54) is 0 Å². The number of hydrogen-bond donors (Lipinski definition) is 4. The van der Waals surface area contributed by atoms with Crippen LogP contribution in [-0.4, -0.2) is 29.1 Å². The summed E-state index contributed by atoms with van der Waals surface area (Å²) in [4.78, 5) is 33.6. The van der Waals surface area contributed by atoms with Crippen LogP contribution in [0.2, 0.25) is 0 Å². The number of aliphatic carboxylic acids is 1. The third-order valence-electron chi connectivity index (χ3n) is 3.00. The maximum absolute atomic E-state index is 11.9. The summed E-state index contributed by atoms with van der Waals surface area (Å²) in [5.74, 6) is -1.83. The highest BCUT2D eigenvalue weighted by atomic mass is 16.4. The molecule has 1 atom stereocenters. The lowest BCUT2D eigenvalue weighted by Gasteiger charge is -2.16. The van der Waals surface area contributed by atoms with E-state index in [-0.39, 0.29) is 12.8 Å². The molecule has 0 heterocycles. The summed E-state index contributed by atoms with van der Waals surface area (Å²) in [7, 11) is 0. The summed E-state index contributed by atoms with van der Waals surface area (Å²) in [6.07, 6.45) is -0.161. The van der Waals surface area contributed by atoms with E-state index in [4.69, 9.17) is 10.8 Å². The second kappa shape index (κ2) is 7.28. The predicted molar refractivity (Wildman–Crippen MR) is 77.9 cm³/mol. The first kappa shape index (κ1) is 16.5. The molecule has 3 amide bonds. The fourth-order valence-electron chi connectivity index (χ4n) is 1.86. The Morgan fingerprint density at radius 2 is 1.81 bits per heavy atom. The summed E-state index contributed by atoms with van der Waals surface area (Å²) in [6.45, 7) is 3.68. The van der Waals surface area contributed by atoms with E-state index in [2.05, 4.69) is 10.6 Å². The lowest BCUT2D eigenvalue weighted by atomic mass is 10.1. The van der Waals surface area contributed by atoms with Gasteiger partial charge in [0.2, 0.25) is 5.91 Å². The van der Waals surface area contributed by atoms with Gasteiger partial charge in [-0.15, -0.1) is 0 Å². The highest BCUT2D eigenvalue weighted by molar-refractivity contribution is 5.93. The Hall–Kier alpha value is -2.57. The molecule has 0 aliphatic heterocycles. The molecule has 0 saturated heterocycles. The number of carboxylic acids is 1. The fourth-order valence-corrected chi connectivity index (χ4v) is 1.86. The zero-order chi connectivity index (χ0) is 16.0. The van der Waals surface area contributed by atoms with Crippen molar-refractivity contribution in [3.63, 3.8) is 0 Å². The summed E-state index contributed by atoms with van der Waals surface area (Å²) >= 11 is 0. The molecule has 0 spiro atoms. The van der Waals surface area contributed by atoms with Crippen molar-refractivity contribution >= 4 is 23.6 Å². The van der Waals surface area contributed by atoms with Crippen LogP contribution < -0.4 is 16.4 Å². The first-order chi connectivity index (χ1) is 9.81. The van der Waals surface area contributed by atoms with Crippen LogP contribution in [0, 0.1) is 13.8 Å². The van der Waals surface area contributed by atoms with E-state index in [9.17, 15) is 14.4 Å². The molecule has 1 rings (SSSR count). The van der Waals surface area contributed by atoms with Crippen LogP contribution in [0.1, 0.15) is 24.0 Å². The van der Waals surface area contributed by atoms with Gasteiger partial charge in [-0.2, -0.15) is 0 Å². The summed E-state index contributed by atoms with van der Waals surface area (Å²) in [5.41, 5.74) is 7.35. The number of para-hydroxylation sites is 1. The summed E-state index contributed by atoms with van der Waals surface area (Å²) in [5, 5.41) is 14.0. The molecule has 0 unspecified atom stereocenters. The van der Waals surface area contributed by atoms with Gasteiger partial charge in [0, 0.05) is 12.1 Å². The SMILES string of the molecule is Cc1cccc(C)c1NC(=O)N[C@H](CCC(N)=O)C(=O)O. The quantitative estimate of drug-likeness (QED) is 0.628. The lowest BCUT2D eigenvalue weighted by molar-refractivity contribution is -0.139. The molecule has 21 heavy (non-hydrogen) atoms. The van der Waals surface area contributed by atoms with Crippen LogP contribution in [0.3, 0.4) is 0 Å². The number of anilines is 1. The van der Waals surface area contributed by atoms with Gasteiger partial charge in [0.25, 0.3) is 0 Å². The number of aryl methyl sites for hydroxylation is 2. The van der Waals surface area contributed by atoms with E-state index >= 15 is 0 Å². The maximum Gasteiger partial charge on any atom is 0.326 e. The van der Waals surface area contributed by atoms with E-state index in [0.717, 1.165) is 11.1 Å². The van der Waals surface area contributed by atoms with Gasteiger partial charge in [0.1, 0.15) is 6.04 Å². The molecule has 0 aliphatic carbocycles. The number of rotatable bonds is 6. The third kappa shape index (κ3) is 5.13. The van der Waals surface area contributed by atoms with Gasteiger partial charge < -0.3 is 21.5 Å². The summed E-state index contributed by atoms with van der Waals surface area (Å²) in [6, 6.07) is 3.74. The topological polar surface area (TPSA) is 122 Å². The Balaban J connectivity index is 2.70. The molecular weight excluding hydrogens is 274 g/mol. The molecule has 0 bridgehead atoms. The molecule has 0 fully saturated rings. The number of nitrogens with one attached hydrogen (secondary N) is 2. The van der Waals surface area contributed by atoms with Crippen LogP contribution in [0.25, 0.3) is 0 Å². The third-order valence-corrected chi connectivity index (χ3v) is 3.00. The molecule has 1 aromatic carbocycles. The smallest absolute Gasteiger partial charge is 0.326 e. The molecule has 1 aromatic rings. The van der Waals surface area contributed by atoms with E-state index in [1.54, 1.807) is 0 Å². The van der Waals surface area contributed by atoms with Crippen LogP contribution >= 0.6 is 0 Å². The van der Waals surface area contributed by atoms with Gasteiger partial charge in [0.05, 0.1) is 0 Å². The van der Waals surface area contributed by atoms with Gasteiger partial charge in [-0.25, -0.2) is 9.59 Å². The average Bonchev–Trinajstić information content (AvgIpc) is 2.38. The van der Waals surface area contributed by atoms with Crippen molar-refractivity contribution in [2.45, 2.75) is 32.7 Å². The lowest BCUT2D eigenvalue weighted by Crippen LogP contribution is -2.43. The van der Waals surface area contributed by atoms with Crippen LogP contribution in [0.4, 0.5) is 10.5 Å².